The molecular formula is C19H28N2O6S. The van der Waals surface area contributed by atoms with Crippen molar-refractivity contribution in [2.24, 2.45) is 0 Å². The molecule has 1 aromatic rings. The van der Waals surface area contributed by atoms with Crippen LogP contribution in [-0.2, 0) is 19.4 Å². The summed E-state index contributed by atoms with van der Waals surface area (Å²) in [5.41, 5.74) is 1.65. The number of sulfone groups is 1. The number of rotatable bonds is 7. The van der Waals surface area contributed by atoms with Crippen LogP contribution >= 0.6 is 0 Å². The lowest BCUT2D eigenvalue weighted by molar-refractivity contribution is -0.138. The second kappa shape index (κ2) is 8.46. The molecule has 156 valence electrons. The highest BCUT2D eigenvalue weighted by Gasteiger charge is 2.37. The Hall–Kier alpha value is -2.16. The summed E-state index contributed by atoms with van der Waals surface area (Å²) < 4.78 is 28.8. The van der Waals surface area contributed by atoms with Crippen molar-refractivity contribution in [3.63, 3.8) is 0 Å². The van der Waals surface area contributed by atoms with Crippen LogP contribution in [0.5, 0.6) is 0 Å². The van der Waals surface area contributed by atoms with Crippen molar-refractivity contribution in [2.75, 3.05) is 18.1 Å². The molecule has 1 aliphatic heterocycles. The smallest absolute Gasteiger partial charge is 0.355 e. The highest BCUT2D eigenvalue weighted by molar-refractivity contribution is 7.91. The monoisotopic (exact) mass is 412 g/mol. The molecule has 2 atom stereocenters. The lowest BCUT2D eigenvalue weighted by atomic mass is 10.1. The third-order valence-electron chi connectivity index (χ3n) is 5.28. The average molecular weight is 413 g/mol. The summed E-state index contributed by atoms with van der Waals surface area (Å²) in [6.45, 7) is 8.04. The van der Waals surface area contributed by atoms with Crippen molar-refractivity contribution in [3.8, 4) is 0 Å². The molecule has 0 saturated carbocycles. The van der Waals surface area contributed by atoms with Gasteiger partial charge in [-0.2, -0.15) is 0 Å². The van der Waals surface area contributed by atoms with Crippen LogP contribution in [0.1, 0.15) is 65.7 Å². The fourth-order valence-electron chi connectivity index (χ4n) is 3.76. The van der Waals surface area contributed by atoms with E-state index in [1.165, 1.54) is 11.8 Å². The van der Waals surface area contributed by atoms with Gasteiger partial charge in [-0.25, -0.2) is 13.2 Å². The Kier molecular flexibility index (Phi) is 6.69. The van der Waals surface area contributed by atoms with Crippen LogP contribution in [0, 0.1) is 13.8 Å². The number of nitrogens with one attached hydrogen (secondary N) is 1. The van der Waals surface area contributed by atoms with Crippen LogP contribution in [0.4, 0.5) is 0 Å². The van der Waals surface area contributed by atoms with Crippen molar-refractivity contribution >= 4 is 27.5 Å². The predicted molar refractivity (Wildman–Crippen MR) is 104 cm³/mol. The van der Waals surface area contributed by atoms with E-state index < -0.39 is 34.4 Å². The van der Waals surface area contributed by atoms with Crippen LogP contribution in [0.15, 0.2) is 0 Å². The SMILES string of the molecule is CC[C@H](C)N(C(=O)COC(=O)c1[nH]c(C)c(C(C)=O)c1C)[C@H]1CCS(=O)(=O)C1. The van der Waals surface area contributed by atoms with E-state index in [0.29, 0.717) is 29.7 Å². The third kappa shape index (κ3) is 4.63. The van der Waals surface area contributed by atoms with Gasteiger partial charge in [0.05, 0.1) is 11.5 Å². The van der Waals surface area contributed by atoms with Crippen LogP contribution in [0.2, 0.25) is 0 Å². The van der Waals surface area contributed by atoms with Crippen molar-refractivity contribution in [2.45, 2.75) is 59.5 Å². The fraction of sp³-hybridized carbons (Fsp3) is 0.632. The zero-order valence-corrected chi connectivity index (χ0v) is 17.8. The topological polar surface area (TPSA) is 114 Å². The van der Waals surface area contributed by atoms with E-state index in [2.05, 4.69) is 4.98 Å². The third-order valence-corrected chi connectivity index (χ3v) is 7.03. The van der Waals surface area contributed by atoms with Crippen LogP contribution < -0.4 is 0 Å². The minimum atomic E-state index is -3.14. The Balaban J connectivity index is 2.11. The first-order chi connectivity index (χ1) is 13.0. The molecule has 0 radical (unpaired) electrons. The van der Waals surface area contributed by atoms with Gasteiger partial charge in [0.1, 0.15) is 5.69 Å². The molecule has 8 nitrogen and oxygen atoms in total. The maximum atomic E-state index is 12.7. The van der Waals surface area contributed by atoms with E-state index >= 15 is 0 Å². The molecule has 28 heavy (non-hydrogen) atoms. The molecule has 2 heterocycles. The van der Waals surface area contributed by atoms with Gasteiger partial charge in [-0.05, 0) is 46.1 Å². The van der Waals surface area contributed by atoms with Gasteiger partial charge < -0.3 is 14.6 Å². The normalized spacial score (nSPS) is 19.2. The molecule has 2 rings (SSSR count). The summed E-state index contributed by atoms with van der Waals surface area (Å²) in [6.07, 6.45) is 1.05. The number of nitrogens with zero attached hydrogens (tertiary/aromatic N) is 1. The van der Waals surface area contributed by atoms with E-state index in [-0.39, 0.29) is 29.0 Å². The second-order valence-corrected chi connectivity index (χ2v) is 9.60. The number of carbonyl (C=O) groups excluding carboxylic acids is 3. The number of ketones is 1. The number of aromatic amines is 1. The molecule has 1 aromatic heterocycles. The van der Waals surface area contributed by atoms with Crippen LogP contribution in [0.25, 0.3) is 0 Å². The average Bonchev–Trinajstić information content (AvgIpc) is 3.11. The summed E-state index contributed by atoms with van der Waals surface area (Å²) in [5.74, 6) is -1.30. The Bertz CT molecular complexity index is 886. The summed E-state index contributed by atoms with van der Waals surface area (Å²) in [6, 6.07) is -0.562. The maximum absolute atomic E-state index is 12.7. The Morgan fingerprint density at radius 3 is 2.39 bits per heavy atom. The summed E-state index contributed by atoms with van der Waals surface area (Å²) in [4.78, 5) is 41.2. The summed E-state index contributed by atoms with van der Waals surface area (Å²) in [5, 5.41) is 0. The van der Waals surface area contributed by atoms with E-state index in [4.69, 9.17) is 4.74 Å². The minimum Gasteiger partial charge on any atom is -0.451 e. The number of esters is 1. The lowest BCUT2D eigenvalue weighted by Crippen LogP contribution is -2.48. The van der Waals surface area contributed by atoms with Crippen molar-refractivity contribution in [1.29, 1.82) is 0 Å². The number of aryl methyl sites for hydroxylation is 1. The second-order valence-electron chi connectivity index (χ2n) is 7.37. The van der Waals surface area contributed by atoms with Gasteiger partial charge in [0.2, 0.25) is 0 Å². The first-order valence-corrected chi connectivity index (χ1v) is 11.2. The molecule has 0 aromatic carbocycles. The molecule has 0 bridgehead atoms. The van der Waals surface area contributed by atoms with E-state index in [1.54, 1.807) is 13.8 Å². The zero-order chi connectivity index (χ0) is 21.2. The van der Waals surface area contributed by atoms with Gasteiger partial charge in [-0.1, -0.05) is 6.92 Å². The molecule has 1 amide bonds. The molecule has 9 heteroatoms. The number of aromatic nitrogens is 1. The van der Waals surface area contributed by atoms with Gasteiger partial charge in [0.25, 0.3) is 5.91 Å². The number of H-pyrrole nitrogens is 1. The highest BCUT2D eigenvalue weighted by atomic mass is 32.2. The minimum absolute atomic E-state index is 0.0616. The zero-order valence-electron chi connectivity index (χ0n) is 17.0. The van der Waals surface area contributed by atoms with Crippen LogP contribution in [0.3, 0.4) is 0 Å². The van der Waals surface area contributed by atoms with Gasteiger partial charge >= 0.3 is 5.97 Å². The molecule has 1 aliphatic rings. The van der Waals surface area contributed by atoms with Crippen molar-refractivity contribution in [1.82, 2.24) is 9.88 Å². The first-order valence-electron chi connectivity index (χ1n) is 9.37. The van der Waals surface area contributed by atoms with Crippen LogP contribution in [-0.4, -0.2) is 66.2 Å². The predicted octanol–water partition coefficient (Wildman–Crippen LogP) is 1.81. The summed E-state index contributed by atoms with van der Waals surface area (Å²) in [7, 11) is -3.14. The number of carbonyl (C=O) groups is 3. The molecule has 0 unspecified atom stereocenters. The molecule has 1 saturated heterocycles. The van der Waals surface area contributed by atoms with Gasteiger partial charge in [-0.15, -0.1) is 0 Å². The van der Waals surface area contributed by atoms with Crippen molar-refractivity contribution in [3.05, 3.63) is 22.5 Å². The fourth-order valence-corrected chi connectivity index (χ4v) is 5.47. The maximum Gasteiger partial charge on any atom is 0.355 e. The summed E-state index contributed by atoms with van der Waals surface area (Å²) >= 11 is 0. The molecular weight excluding hydrogens is 384 g/mol. The Morgan fingerprint density at radius 2 is 1.93 bits per heavy atom. The quantitative estimate of drug-likeness (QED) is 0.540. The largest absolute Gasteiger partial charge is 0.451 e. The number of hydrogen-bond acceptors (Lipinski definition) is 6. The van der Waals surface area contributed by atoms with Gasteiger partial charge in [0.15, 0.2) is 22.2 Å². The number of amides is 1. The number of Topliss-reactive ketones (excluding diaryl/α,β-unsaturated/α-hetero) is 1. The van der Waals surface area contributed by atoms with Crippen molar-refractivity contribution < 1.29 is 27.5 Å². The molecule has 0 spiro atoms. The Morgan fingerprint density at radius 1 is 1.29 bits per heavy atom. The molecule has 1 fully saturated rings. The lowest BCUT2D eigenvalue weighted by Gasteiger charge is -2.33. The van der Waals surface area contributed by atoms with Gasteiger partial charge in [0, 0.05) is 23.3 Å². The molecule has 0 aliphatic carbocycles. The standard InChI is InChI=1S/C19H28N2O6S/c1-6-11(2)21(15-7-8-28(25,26)10-15)16(23)9-27-19(24)18-12(3)17(14(5)22)13(4)20-18/h11,15,20H,6-10H2,1-5H3/t11-,15-/m0/s1. The Labute approximate surface area is 165 Å². The van der Waals surface area contributed by atoms with E-state index in [0.717, 1.165) is 0 Å². The van der Waals surface area contributed by atoms with E-state index in [9.17, 15) is 22.8 Å². The van der Waals surface area contributed by atoms with Gasteiger partial charge in [-0.3, -0.25) is 9.59 Å². The first kappa shape index (κ1) is 22.1. The highest BCUT2D eigenvalue weighted by Crippen LogP contribution is 2.22. The van der Waals surface area contributed by atoms with E-state index in [1.807, 2.05) is 13.8 Å². The molecule has 1 N–H and O–H groups in total. The number of hydrogen-bond donors (Lipinski definition) is 1. The number of ether oxygens (including phenoxy) is 1.